The van der Waals surface area contributed by atoms with Gasteiger partial charge in [-0.1, -0.05) is 44.4 Å². The molecule has 3 rings (SSSR count). The van der Waals surface area contributed by atoms with Gasteiger partial charge < -0.3 is 10.2 Å². The molecule has 2 atom stereocenters. The fraction of sp³-hybridized carbons (Fsp3) is 0.684. The van der Waals surface area contributed by atoms with Crippen LogP contribution in [0.15, 0.2) is 24.3 Å². The van der Waals surface area contributed by atoms with Gasteiger partial charge in [0.05, 0.1) is 0 Å². The molecule has 2 nitrogen and oxygen atoms in total. The predicted molar refractivity (Wildman–Crippen MR) is 90.8 cm³/mol. The van der Waals surface area contributed by atoms with E-state index in [9.17, 15) is 0 Å². The van der Waals surface area contributed by atoms with Gasteiger partial charge in [0, 0.05) is 31.4 Å². The molecule has 1 N–H and O–H groups in total. The quantitative estimate of drug-likeness (QED) is 0.866. The van der Waals surface area contributed by atoms with Crippen LogP contribution in [0.2, 0.25) is 0 Å². The number of benzene rings is 1. The maximum absolute atomic E-state index is 3.88. The van der Waals surface area contributed by atoms with Crippen LogP contribution >= 0.6 is 0 Å². The van der Waals surface area contributed by atoms with Gasteiger partial charge in [-0.25, -0.2) is 0 Å². The van der Waals surface area contributed by atoms with Crippen molar-refractivity contribution in [3.8, 4) is 0 Å². The maximum atomic E-state index is 3.88. The minimum Gasteiger partial charge on any atom is -0.371 e. The van der Waals surface area contributed by atoms with Gasteiger partial charge in [-0.15, -0.1) is 0 Å². The number of anilines is 1. The molecular formula is C19H30N2. The molecule has 0 amide bonds. The first-order valence-corrected chi connectivity index (χ1v) is 8.94. The van der Waals surface area contributed by atoms with Crippen molar-refractivity contribution in [2.75, 3.05) is 18.0 Å². The molecule has 0 bridgehead atoms. The van der Waals surface area contributed by atoms with E-state index >= 15 is 0 Å². The molecule has 1 saturated carbocycles. The second-order valence-electron chi connectivity index (χ2n) is 6.76. The summed E-state index contributed by atoms with van der Waals surface area (Å²) in [5.74, 6) is 0.887. The van der Waals surface area contributed by atoms with E-state index in [1.54, 1.807) is 0 Å². The van der Waals surface area contributed by atoms with Gasteiger partial charge in [-0.3, -0.25) is 0 Å². The first-order valence-electron chi connectivity index (χ1n) is 8.94. The van der Waals surface area contributed by atoms with Crippen LogP contribution in [0.4, 0.5) is 5.69 Å². The summed E-state index contributed by atoms with van der Waals surface area (Å²) in [6, 6.07) is 9.72. The summed E-state index contributed by atoms with van der Waals surface area (Å²) in [6.07, 6.45) is 9.64. The molecule has 1 aromatic rings. The summed E-state index contributed by atoms with van der Waals surface area (Å²) in [6.45, 7) is 5.85. The van der Waals surface area contributed by atoms with Crippen molar-refractivity contribution in [1.29, 1.82) is 0 Å². The maximum Gasteiger partial charge on any atom is 0.0411 e. The zero-order valence-corrected chi connectivity index (χ0v) is 13.5. The van der Waals surface area contributed by atoms with Crippen LogP contribution in [0, 0.1) is 5.92 Å². The highest BCUT2D eigenvalue weighted by Crippen LogP contribution is 2.28. The molecule has 1 aliphatic heterocycles. The van der Waals surface area contributed by atoms with Crippen LogP contribution in [0.25, 0.3) is 0 Å². The van der Waals surface area contributed by atoms with E-state index in [-0.39, 0.29) is 0 Å². The van der Waals surface area contributed by atoms with Crippen molar-refractivity contribution in [1.82, 2.24) is 5.32 Å². The summed E-state index contributed by atoms with van der Waals surface area (Å²) in [5, 5.41) is 3.88. The Morgan fingerprint density at radius 2 is 1.81 bits per heavy atom. The number of hydrogen-bond donors (Lipinski definition) is 1. The number of rotatable bonds is 5. The second-order valence-corrected chi connectivity index (χ2v) is 6.76. The third-order valence-electron chi connectivity index (χ3n) is 5.43. The summed E-state index contributed by atoms with van der Waals surface area (Å²) in [4.78, 5) is 2.56. The molecule has 21 heavy (non-hydrogen) atoms. The van der Waals surface area contributed by atoms with Crippen molar-refractivity contribution < 1.29 is 0 Å². The summed E-state index contributed by atoms with van der Waals surface area (Å²) >= 11 is 0. The van der Waals surface area contributed by atoms with Crippen molar-refractivity contribution in [2.45, 2.75) is 64.5 Å². The molecule has 2 heteroatoms. The molecule has 1 aliphatic carbocycles. The van der Waals surface area contributed by atoms with Crippen molar-refractivity contribution in [3.63, 3.8) is 0 Å². The van der Waals surface area contributed by atoms with Gasteiger partial charge in [0.2, 0.25) is 0 Å². The molecule has 0 spiro atoms. The topological polar surface area (TPSA) is 15.3 Å². The fourth-order valence-electron chi connectivity index (χ4n) is 4.13. The first kappa shape index (κ1) is 14.9. The third kappa shape index (κ3) is 3.60. The Morgan fingerprint density at radius 1 is 1.05 bits per heavy atom. The Labute approximate surface area is 129 Å². The highest BCUT2D eigenvalue weighted by Gasteiger charge is 2.23. The average molecular weight is 286 g/mol. The number of para-hydroxylation sites is 1. The van der Waals surface area contributed by atoms with Gasteiger partial charge in [-0.2, -0.15) is 0 Å². The Morgan fingerprint density at radius 3 is 2.62 bits per heavy atom. The Balaban J connectivity index is 1.64. The van der Waals surface area contributed by atoms with E-state index in [2.05, 4.69) is 41.4 Å². The van der Waals surface area contributed by atoms with Crippen LogP contribution in [0.3, 0.4) is 0 Å². The molecule has 1 heterocycles. The van der Waals surface area contributed by atoms with E-state index in [0.29, 0.717) is 0 Å². The standard InChI is InChI=1S/C19H30N2/c1-2-16-9-3-5-11-18(16)20-15-17-10-4-6-12-19(17)21-13-7-8-14-21/h4,6,10,12,16,18,20H,2-3,5,7-9,11,13-15H2,1H3. The smallest absolute Gasteiger partial charge is 0.0411 e. The van der Waals surface area contributed by atoms with E-state index < -0.39 is 0 Å². The first-order chi connectivity index (χ1) is 10.4. The van der Waals surface area contributed by atoms with Gasteiger partial charge in [0.1, 0.15) is 0 Å². The second kappa shape index (κ2) is 7.31. The lowest BCUT2D eigenvalue weighted by Crippen LogP contribution is -2.38. The normalized spacial score (nSPS) is 26.2. The van der Waals surface area contributed by atoms with Crippen LogP contribution < -0.4 is 10.2 Å². The highest BCUT2D eigenvalue weighted by molar-refractivity contribution is 5.54. The average Bonchev–Trinajstić information content (AvgIpc) is 3.08. The molecular weight excluding hydrogens is 256 g/mol. The van der Waals surface area contributed by atoms with E-state index in [0.717, 1.165) is 18.5 Å². The van der Waals surface area contributed by atoms with Crippen LogP contribution in [-0.2, 0) is 6.54 Å². The molecule has 0 aromatic heterocycles. The van der Waals surface area contributed by atoms with Crippen molar-refractivity contribution in [2.24, 2.45) is 5.92 Å². The SMILES string of the molecule is CCC1CCCCC1NCc1ccccc1N1CCCC1. The van der Waals surface area contributed by atoms with Crippen LogP contribution in [-0.4, -0.2) is 19.1 Å². The zero-order chi connectivity index (χ0) is 14.5. The minimum absolute atomic E-state index is 0.732. The third-order valence-corrected chi connectivity index (χ3v) is 5.43. The largest absolute Gasteiger partial charge is 0.371 e. The van der Waals surface area contributed by atoms with Gasteiger partial charge in [0.15, 0.2) is 0 Å². The predicted octanol–water partition coefficient (Wildman–Crippen LogP) is 4.35. The number of nitrogens with zero attached hydrogens (tertiary/aromatic N) is 1. The van der Waals surface area contributed by atoms with Crippen molar-refractivity contribution >= 4 is 5.69 Å². The highest BCUT2D eigenvalue weighted by atomic mass is 15.1. The molecule has 116 valence electrons. The number of hydrogen-bond acceptors (Lipinski definition) is 2. The molecule has 1 saturated heterocycles. The van der Waals surface area contributed by atoms with Crippen LogP contribution in [0.1, 0.15) is 57.4 Å². The van der Waals surface area contributed by atoms with E-state index in [4.69, 9.17) is 0 Å². The lowest BCUT2D eigenvalue weighted by Gasteiger charge is -2.32. The Hall–Kier alpha value is -1.02. The minimum atomic E-state index is 0.732. The van der Waals surface area contributed by atoms with Gasteiger partial charge >= 0.3 is 0 Å². The fourth-order valence-corrected chi connectivity index (χ4v) is 4.13. The Bertz CT molecular complexity index is 437. The molecule has 2 unspecified atom stereocenters. The number of nitrogens with one attached hydrogen (secondary N) is 1. The molecule has 2 aliphatic rings. The van der Waals surface area contributed by atoms with E-state index in [1.165, 1.54) is 69.3 Å². The zero-order valence-electron chi connectivity index (χ0n) is 13.5. The van der Waals surface area contributed by atoms with Gasteiger partial charge in [0.25, 0.3) is 0 Å². The lowest BCUT2D eigenvalue weighted by atomic mass is 9.83. The summed E-state index contributed by atoms with van der Waals surface area (Å²) in [7, 11) is 0. The van der Waals surface area contributed by atoms with Gasteiger partial charge in [-0.05, 0) is 43.2 Å². The lowest BCUT2D eigenvalue weighted by molar-refractivity contribution is 0.254. The van der Waals surface area contributed by atoms with Crippen molar-refractivity contribution in [3.05, 3.63) is 29.8 Å². The monoisotopic (exact) mass is 286 g/mol. The molecule has 2 fully saturated rings. The summed E-state index contributed by atoms with van der Waals surface area (Å²) < 4.78 is 0. The Kier molecular flexibility index (Phi) is 5.18. The molecule has 1 aromatic carbocycles. The van der Waals surface area contributed by atoms with Crippen LogP contribution in [0.5, 0.6) is 0 Å². The van der Waals surface area contributed by atoms with E-state index in [1.807, 2.05) is 0 Å². The molecule has 0 radical (unpaired) electrons. The summed E-state index contributed by atoms with van der Waals surface area (Å²) in [5.41, 5.74) is 2.95.